The fraction of sp³-hybridized carbons (Fsp3) is 0.312. The van der Waals surface area contributed by atoms with E-state index in [0.717, 1.165) is 12.8 Å². The molecule has 6 nitrogen and oxygen atoms in total. The van der Waals surface area contributed by atoms with Crippen LogP contribution in [0.5, 0.6) is 0 Å². The van der Waals surface area contributed by atoms with Crippen molar-refractivity contribution in [1.82, 2.24) is 15.5 Å². The van der Waals surface area contributed by atoms with Gasteiger partial charge in [0.15, 0.2) is 0 Å². The zero-order chi connectivity index (χ0) is 16.2. The molecule has 0 atom stereocenters. The van der Waals surface area contributed by atoms with E-state index in [1.54, 1.807) is 18.3 Å². The Kier molecular flexibility index (Phi) is 4.62. The molecule has 1 saturated heterocycles. The van der Waals surface area contributed by atoms with E-state index in [1.165, 1.54) is 0 Å². The molecule has 1 fully saturated rings. The Hall–Kier alpha value is -2.34. The lowest BCUT2D eigenvalue weighted by Gasteiger charge is -2.33. The molecule has 2 N–H and O–H groups in total. The first kappa shape index (κ1) is 15.6. The van der Waals surface area contributed by atoms with E-state index >= 15 is 0 Å². The van der Waals surface area contributed by atoms with Crippen LogP contribution in [0, 0.1) is 0 Å². The van der Waals surface area contributed by atoms with Gasteiger partial charge >= 0.3 is 0 Å². The van der Waals surface area contributed by atoms with Gasteiger partial charge in [-0.05, 0) is 25.0 Å². The van der Waals surface area contributed by atoms with E-state index in [9.17, 15) is 9.59 Å². The van der Waals surface area contributed by atoms with Gasteiger partial charge in [-0.1, -0.05) is 29.8 Å². The summed E-state index contributed by atoms with van der Waals surface area (Å²) in [4.78, 5) is 25.7. The fourth-order valence-corrected chi connectivity index (χ4v) is 2.93. The molecule has 2 aromatic rings. The van der Waals surface area contributed by atoms with Crippen LogP contribution in [0.1, 0.15) is 23.2 Å². The number of aromatic amines is 1. The van der Waals surface area contributed by atoms with E-state index in [2.05, 4.69) is 15.5 Å². The van der Waals surface area contributed by atoms with Gasteiger partial charge in [-0.15, -0.1) is 0 Å². The van der Waals surface area contributed by atoms with Gasteiger partial charge in [0, 0.05) is 24.7 Å². The van der Waals surface area contributed by atoms with Crippen LogP contribution in [-0.4, -0.2) is 35.2 Å². The Morgan fingerprint density at radius 3 is 2.65 bits per heavy atom. The second kappa shape index (κ2) is 6.83. The summed E-state index contributed by atoms with van der Waals surface area (Å²) in [5, 5.41) is 9.31. The van der Waals surface area contributed by atoms with Gasteiger partial charge in [0.05, 0.1) is 11.9 Å². The van der Waals surface area contributed by atoms with E-state index in [4.69, 9.17) is 11.6 Å². The lowest BCUT2D eigenvalue weighted by molar-refractivity contribution is 0.0931. The topological polar surface area (TPSA) is 78.1 Å². The van der Waals surface area contributed by atoms with Crippen molar-refractivity contribution in [3.63, 3.8) is 0 Å². The number of carbonyl (C=O) groups excluding carboxylic acids is 1. The molecular formula is C16H17ClN4O2. The normalized spacial score (nSPS) is 15.4. The van der Waals surface area contributed by atoms with Crippen LogP contribution in [0.25, 0.3) is 0 Å². The van der Waals surface area contributed by atoms with Crippen molar-refractivity contribution in [3.05, 3.63) is 57.5 Å². The summed E-state index contributed by atoms with van der Waals surface area (Å²) in [5.41, 5.74) is 0.920. The summed E-state index contributed by atoms with van der Waals surface area (Å²) in [6.45, 7) is 1.43. The molecule has 1 amide bonds. The van der Waals surface area contributed by atoms with Crippen molar-refractivity contribution in [3.8, 4) is 0 Å². The molecule has 1 aromatic heterocycles. The van der Waals surface area contributed by atoms with E-state index < -0.39 is 0 Å². The number of hydrogen-bond donors (Lipinski definition) is 2. The van der Waals surface area contributed by atoms with Gasteiger partial charge in [-0.3, -0.25) is 9.59 Å². The number of nitrogens with one attached hydrogen (secondary N) is 2. The Balaban J connectivity index is 1.59. The number of piperidine rings is 1. The third-order valence-electron chi connectivity index (χ3n) is 3.98. The van der Waals surface area contributed by atoms with Crippen molar-refractivity contribution in [2.24, 2.45) is 0 Å². The molecule has 0 spiro atoms. The summed E-state index contributed by atoms with van der Waals surface area (Å²) >= 11 is 6.03. The monoisotopic (exact) mass is 332 g/mol. The molecule has 23 heavy (non-hydrogen) atoms. The predicted molar refractivity (Wildman–Crippen MR) is 89.0 cm³/mol. The minimum atomic E-state index is -0.385. The standard InChI is InChI=1S/C16H17ClN4O2/c17-14-13(10-18-20-16(14)23)21-8-6-12(7-9-21)19-15(22)11-4-2-1-3-5-11/h1-5,10,12H,6-9H2,(H,19,22)(H,20,23). The number of halogens is 1. The summed E-state index contributed by atoms with van der Waals surface area (Å²) < 4.78 is 0. The molecule has 1 aliphatic heterocycles. The van der Waals surface area contributed by atoms with Crippen LogP contribution >= 0.6 is 11.6 Å². The number of amides is 1. The van der Waals surface area contributed by atoms with E-state index in [-0.39, 0.29) is 22.5 Å². The lowest BCUT2D eigenvalue weighted by Crippen LogP contribution is -2.45. The van der Waals surface area contributed by atoms with E-state index in [1.807, 2.05) is 23.1 Å². The number of hydrogen-bond acceptors (Lipinski definition) is 4. The van der Waals surface area contributed by atoms with Crippen molar-refractivity contribution in [1.29, 1.82) is 0 Å². The quantitative estimate of drug-likeness (QED) is 0.898. The average molecular weight is 333 g/mol. The van der Waals surface area contributed by atoms with Crippen LogP contribution in [0.4, 0.5) is 5.69 Å². The van der Waals surface area contributed by atoms with Crippen LogP contribution in [-0.2, 0) is 0 Å². The smallest absolute Gasteiger partial charge is 0.285 e. The molecule has 0 unspecified atom stereocenters. The van der Waals surface area contributed by atoms with E-state index in [0.29, 0.717) is 24.3 Å². The molecule has 120 valence electrons. The number of nitrogens with zero attached hydrogens (tertiary/aromatic N) is 2. The maximum absolute atomic E-state index is 12.2. The first-order valence-corrected chi connectivity index (χ1v) is 7.87. The Labute approximate surface area is 138 Å². The molecule has 0 bridgehead atoms. The first-order chi connectivity index (χ1) is 11.1. The number of rotatable bonds is 3. The summed E-state index contributed by atoms with van der Waals surface area (Å²) in [5.74, 6) is -0.0556. The zero-order valence-corrected chi connectivity index (χ0v) is 13.2. The highest BCUT2D eigenvalue weighted by Crippen LogP contribution is 2.24. The Morgan fingerprint density at radius 2 is 1.96 bits per heavy atom. The highest BCUT2D eigenvalue weighted by molar-refractivity contribution is 6.33. The van der Waals surface area contributed by atoms with Crippen LogP contribution in [0.15, 0.2) is 41.3 Å². The number of H-pyrrole nitrogens is 1. The molecule has 3 rings (SSSR count). The van der Waals surface area contributed by atoms with Crippen LogP contribution < -0.4 is 15.8 Å². The number of carbonyl (C=O) groups is 1. The summed E-state index contributed by atoms with van der Waals surface area (Å²) in [6, 6.07) is 9.29. The first-order valence-electron chi connectivity index (χ1n) is 7.49. The van der Waals surface area contributed by atoms with Crippen molar-refractivity contribution in [2.45, 2.75) is 18.9 Å². The molecular weight excluding hydrogens is 316 g/mol. The van der Waals surface area contributed by atoms with Crippen molar-refractivity contribution >= 4 is 23.2 Å². The maximum Gasteiger partial charge on any atom is 0.285 e. The maximum atomic E-state index is 12.2. The van der Waals surface area contributed by atoms with Gasteiger partial charge in [-0.25, -0.2) is 5.10 Å². The zero-order valence-electron chi connectivity index (χ0n) is 12.5. The molecule has 7 heteroatoms. The largest absolute Gasteiger partial charge is 0.369 e. The molecule has 0 saturated carbocycles. The van der Waals surface area contributed by atoms with Crippen LogP contribution in [0.3, 0.4) is 0 Å². The molecule has 1 aromatic carbocycles. The lowest BCUT2D eigenvalue weighted by atomic mass is 10.0. The van der Waals surface area contributed by atoms with Crippen LogP contribution in [0.2, 0.25) is 5.02 Å². The summed E-state index contributed by atoms with van der Waals surface area (Å²) in [6.07, 6.45) is 3.15. The van der Waals surface area contributed by atoms with Crippen molar-refractivity contribution < 1.29 is 4.79 Å². The highest BCUT2D eigenvalue weighted by Gasteiger charge is 2.23. The third-order valence-corrected chi connectivity index (χ3v) is 4.35. The van der Waals surface area contributed by atoms with Gasteiger partial charge in [0.25, 0.3) is 11.5 Å². The second-order valence-electron chi connectivity index (χ2n) is 5.50. The summed E-state index contributed by atoms with van der Waals surface area (Å²) in [7, 11) is 0. The number of aromatic nitrogens is 2. The molecule has 1 aliphatic rings. The Morgan fingerprint density at radius 1 is 1.26 bits per heavy atom. The van der Waals surface area contributed by atoms with Crippen molar-refractivity contribution in [2.75, 3.05) is 18.0 Å². The average Bonchev–Trinajstić information content (AvgIpc) is 2.59. The minimum absolute atomic E-state index is 0.0556. The van der Waals surface area contributed by atoms with Gasteiger partial charge in [0.1, 0.15) is 5.02 Å². The number of anilines is 1. The molecule has 0 radical (unpaired) electrons. The predicted octanol–water partition coefficient (Wildman–Crippen LogP) is 1.82. The van der Waals surface area contributed by atoms with Gasteiger partial charge in [0.2, 0.25) is 0 Å². The SMILES string of the molecule is O=C(NC1CCN(c2cn[nH]c(=O)c2Cl)CC1)c1ccccc1. The van der Waals surface area contributed by atoms with Gasteiger partial charge < -0.3 is 10.2 Å². The Bertz CT molecular complexity index is 739. The third kappa shape index (κ3) is 3.53. The van der Waals surface area contributed by atoms with Gasteiger partial charge in [-0.2, -0.15) is 5.10 Å². The second-order valence-corrected chi connectivity index (χ2v) is 5.88. The fourth-order valence-electron chi connectivity index (χ4n) is 2.72. The number of benzene rings is 1. The molecule has 2 heterocycles. The minimum Gasteiger partial charge on any atom is -0.369 e. The molecule has 0 aliphatic carbocycles. The highest BCUT2D eigenvalue weighted by atomic mass is 35.5.